The second-order valence-corrected chi connectivity index (χ2v) is 6.97. The van der Waals surface area contributed by atoms with E-state index >= 15 is 0 Å². The molecule has 1 aliphatic heterocycles. The van der Waals surface area contributed by atoms with E-state index in [1.165, 1.54) is 12.8 Å². The van der Waals surface area contributed by atoms with Gasteiger partial charge in [-0.25, -0.2) is 4.99 Å². The number of guanidine groups is 1. The van der Waals surface area contributed by atoms with E-state index < -0.39 is 5.91 Å². The number of aliphatic imine (C=N–C) groups is 1. The molecule has 0 bridgehead atoms. The molecule has 1 unspecified atom stereocenters. The number of nitrogens with one attached hydrogen (secondary N) is 1. The molecule has 0 radical (unpaired) electrons. The van der Waals surface area contributed by atoms with Crippen molar-refractivity contribution in [2.75, 3.05) is 19.6 Å². The molecule has 1 atom stereocenters. The zero-order valence-corrected chi connectivity index (χ0v) is 15.1. The maximum absolute atomic E-state index is 11.3. The summed E-state index contributed by atoms with van der Waals surface area (Å²) in [5, 5.41) is 3.39. The van der Waals surface area contributed by atoms with E-state index in [9.17, 15) is 4.79 Å². The van der Waals surface area contributed by atoms with Gasteiger partial charge in [0.2, 0.25) is 5.91 Å². The monoisotopic (exact) mass is 330 g/mol. The Hall–Kier alpha value is -2.04. The van der Waals surface area contributed by atoms with Crippen molar-refractivity contribution in [1.82, 2.24) is 10.2 Å². The van der Waals surface area contributed by atoms with Crippen LogP contribution >= 0.6 is 0 Å². The van der Waals surface area contributed by atoms with Crippen LogP contribution in [0.1, 0.15) is 49.5 Å². The molecule has 1 aromatic rings. The van der Waals surface area contributed by atoms with Crippen LogP contribution in [0.2, 0.25) is 0 Å². The van der Waals surface area contributed by atoms with Crippen LogP contribution in [0.25, 0.3) is 0 Å². The van der Waals surface area contributed by atoms with Gasteiger partial charge in [0, 0.05) is 25.2 Å². The molecule has 1 heterocycles. The molecular weight excluding hydrogens is 300 g/mol. The van der Waals surface area contributed by atoms with E-state index in [0.717, 1.165) is 43.0 Å². The Morgan fingerprint density at radius 2 is 2.25 bits per heavy atom. The Morgan fingerprint density at radius 3 is 2.92 bits per heavy atom. The van der Waals surface area contributed by atoms with Gasteiger partial charge in [0.1, 0.15) is 0 Å². The van der Waals surface area contributed by atoms with Crippen LogP contribution in [0.5, 0.6) is 0 Å². The number of nitrogens with zero attached hydrogens (tertiary/aromatic N) is 2. The summed E-state index contributed by atoms with van der Waals surface area (Å²) in [4.78, 5) is 18.4. The maximum Gasteiger partial charge on any atom is 0.248 e. The highest BCUT2D eigenvalue weighted by atomic mass is 16.1. The van der Waals surface area contributed by atoms with E-state index in [4.69, 9.17) is 10.7 Å². The van der Waals surface area contributed by atoms with Gasteiger partial charge in [0.15, 0.2) is 5.96 Å². The first-order valence-electron chi connectivity index (χ1n) is 8.91. The van der Waals surface area contributed by atoms with Crippen molar-refractivity contribution in [3.8, 4) is 0 Å². The number of primary amides is 1. The fourth-order valence-corrected chi connectivity index (χ4v) is 3.30. The molecule has 3 N–H and O–H groups in total. The summed E-state index contributed by atoms with van der Waals surface area (Å²) in [5.74, 6) is 2.06. The summed E-state index contributed by atoms with van der Waals surface area (Å²) >= 11 is 0. The average Bonchev–Trinajstić information content (AvgIpc) is 2.99. The van der Waals surface area contributed by atoms with Crippen molar-refractivity contribution in [2.45, 2.75) is 40.2 Å². The molecule has 24 heavy (non-hydrogen) atoms. The molecule has 1 aliphatic rings. The molecule has 132 valence electrons. The number of carbonyl (C=O) groups excluding carboxylic acids is 1. The van der Waals surface area contributed by atoms with Crippen LogP contribution in [0, 0.1) is 11.8 Å². The molecule has 0 spiro atoms. The minimum absolute atomic E-state index is 0.399. The van der Waals surface area contributed by atoms with Crippen LogP contribution < -0.4 is 11.1 Å². The molecule has 0 aromatic heterocycles. The Kier molecular flexibility index (Phi) is 6.64. The van der Waals surface area contributed by atoms with Gasteiger partial charge in [-0.15, -0.1) is 0 Å². The SMILES string of the molecule is CCNC(=NCc1cccc(C(N)=O)c1)N1CCC(CC(C)C)C1. The van der Waals surface area contributed by atoms with Gasteiger partial charge in [0.05, 0.1) is 6.54 Å². The summed E-state index contributed by atoms with van der Waals surface area (Å²) in [6.07, 6.45) is 2.51. The fourth-order valence-electron chi connectivity index (χ4n) is 3.30. The second kappa shape index (κ2) is 8.71. The Bertz CT molecular complexity index is 582. The molecule has 2 rings (SSSR count). The van der Waals surface area contributed by atoms with Crippen molar-refractivity contribution < 1.29 is 4.79 Å². The molecule has 1 amide bonds. The van der Waals surface area contributed by atoms with Crippen molar-refractivity contribution in [1.29, 1.82) is 0 Å². The van der Waals surface area contributed by atoms with Gasteiger partial charge in [-0.1, -0.05) is 26.0 Å². The van der Waals surface area contributed by atoms with E-state index in [1.54, 1.807) is 6.07 Å². The quantitative estimate of drug-likeness (QED) is 0.622. The van der Waals surface area contributed by atoms with Crippen molar-refractivity contribution in [3.05, 3.63) is 35.4 Å². The number of rotatable bonds is 6. The Morgan fingerprint density at radius 1 is 1.46 bits per heavy atom. The zero-order valence-electron chi connectivity index (χ0n) is 15.1. The largest absolute Gasteiger partial charge is 0.366 e. The standard InChI is InChI=1S/C19H30N4O/c1-4-21-19(23-9-8-16(13-23)10-14(2)3)22-12-15-6-5-7-17(11-15)18(20)24/h5-7,11,14,16H,4,8-10,12-13H2,1-3H3,(H2,20,24)(H,21,22). The van der Waals surface area contributed by atoms with Crippen LogP contribution in [0.3, 0.4) is 0 Å². The highest BCUT2D eigenvalue weighted by molar-refractivity contribution is 5.92. The minimum Gasteiger partial charge on any atom is -0.366 e. The van der Waals surface area contributed by atoms with Gasteiger partial charge in [-0.2, -0.15) is 0 Å². The Labute approximate surface area is 145 Å². The van der Waals surface area contributed by atoms with Crippen molar-refractivity contribution in [3.63, 3.8) is 0 Å². The van der Waals surface area contributed by atoms with Crippen molar-refractivity contribution >= 4 is 11.9 Å². The molecule has 5 nitrogen and oxygen atoms in total. The van der Waals surface area contributed by atoms with Crippen LogP contribution in [0.4, 0.5) is 0 Å². The van der Waals surface area contributed by atoms with Crippen LogP contribution in [-0.2, 0) is 6.54 Å². The Balaban J connectivity index is 2.03. The number of nitrogens with two attached hydrogens (primary N) is 1. The third kappa shape index (κ3) is 5.25. The smallest absolute Gasteiger partial charge is 0.248 e. The third-order valence-corrected chi connectivity index (χ3v) is 4.35. The number of likely N-dealkylation sites (tertiary alicyclic amines) is 1. The highest BCUT2D eigenvalue weighted by Gasteiger charge is 2.25. The number of amides is 1. The summed E-state index contributed by atoms with van der Waals surface area (Å²) in [6, 6.07) is 7.39. The summed E-state index contributed by atoms with van der Waals surface area (Å²) in [5.41, 5.74) is 6.88. The lowest BCUT2D eigenvalue weighted by Gasteiger charge is -2.22. The minimum atomic E-state index is -0.399. The second-order valence-electron chi connectivity index (χ2n) is 6.97. The summed E-state index contributed by atoms with van der Waals surface area (Å²) < 4.78 is 0. The predicted molar refractivity (Wildman–Crippen MR) is 98.9 cm³/mol. The first-order valence-corrected chi connectivity index (χ1v) is 8.91. The predicted octanol–water partition coefficient (Wildman–Crippen LogP) is 2.62. The van der Waals surface area contributed by atoms with E-state index in [2.05, 4.69) is 31.0 Å². The molecule has 1 fully saturated rings. The third-order valence-electron chi connectivity index (χ3n) is 4.35. The lowest BCUT2D eigenvalue weighted by Crippen LogP contribution is -2.40. The van der Waals surface area contributed by atoms with Gasteiger partial charge in [0.25, 0.3) is 0 Å². The number of hydrogen-bond donors (Lipinski definition) is 2. The molecule has 0 saturated carbocycles. The summed E-state index contributed by atoms with van der Waals surface area (Å²) in [7, 11) is 0. The van der Waals surface area contributed by atoms with Gasteiger partial charge < -0.3 is 16.0 Å². The molecular formula is C19H30N4O. The normalized spacial score (nSPS) is 18.2. The number of carbonyl (C=O) groups is 1. The number of benzene rings is 1. The molecule has 1 saturated heterocycles. The fraction of sp³-hybridized carbons (Fsp3) is 0.579. The molecule has 0 aliphatic carbocycles. The van der Waals surface area contributed by atoms with E-state index in [1.807, 2.05) is 18.2 Å². The lowest BCUT2D eigenvalue weighted by molar-refractivity contribution is 0.1000. The van der Waals surface area contributed by atoms with Gasteiger partial charge in [-0.3, -0.25) is 4.79 Å². The first-order chi connectivity index (χ1) is 11.5. The van der Waals surface area contributed by atoms with Gasteiger partial charge >= 0.3 is 0 Å². The molecule has 5 heteroatoms. The maximum atomic E-state index is 11.3. The topological polar surface area (TPSA) is 70.7 Å². The first kappa shape index (κ1) is 18.3. The van der Waals surface area contributed by atoms with Crippen LogP contribution in [-0.4, -0.2) is 36.4 Å². The molecule has 1 aromatic carbocycles. The zero-order chi connectivity index (χ0) is 17.5. The van der Waals surface area contributed by atoms with E-state index in [-0.39, 0.29) is 0 Å². The van der Waals surface area contributed by atoms with Crippen LogP contribution in [0.15, 0.2) is 29.3 Å². The number of hydrogen-bond acceptors (Lipinski definition) is 2. The van der Waals surface area contributed by atoms with Gasteiger partial charge in [-0.05, 0) is 49.3 Å². The average molecular weight is 330 g/mol. The summed E-state index contributed by atoms with van der Waals surface area (Å²) in [6.45, 7) is 10.2. The van der Waals surface area contributed by atoms with E-state index in [0.29, 0.717) is 12.1 Å². The highest BCUT2D eigenvalue weighted by Crippen LogP contribution is 2.23. The lowest BCUT2D eigenvalue weighted by atomic mass is 9.97. The van der Waals surface area contributed by atoms with Crippen molar-refractivity contribution in [2.24, 2.45) is 22.6 Å².